The molecule has 5 nitrogen and oxygen atoms in total. The zero-order chi connectivity index (χ0) is 19.5. The van der Waals surface area contributed by atoms with E-state index in [1.54, 1.807) is 23.5 Å². The molecule has 1 aromatic carbocycles. The average Bonchev–Trinajstić information content (AvgIpc) is 3.10. The lowest BCUT2D eigenvalue weighted by molar-refractivity contribution is 0.363. The Balaban J connectivity index is 1.71. The molecule has 0 atom stereocenters. The Kier molecular flexibility index (Phi) is 5.09. The third-order valence-electron chi connectivity index (χ3n) is 4.76. The van der Waals surface area contributed by atoms with Gasteiger partial charge in [0.1, 0.15) is 23.3 Å². The van der Waals surface area contributed by atoms with E-state index in [0.29, 0.717) is 23.4 Å². The first kappa shape index (κ1) is 18.2. The molecule has 0 saturated heterocycles. The Bertz CT molecular complexity index is 1160. The van der Waals surface area contributed by atoms with Crippen LogP contribution < -0.4 is 10.3 Å². The molecule has 140 valence electrons. The number of nitrogens with zero attached hydrogens (tertiary/aromatic N) is 2. The van der Waals surface area contributed by atoms with Crippen molar-refractivity contribution in [3.05, 3.63) is 69.1 Å². The molecule has 0 amide bonds. The summed E-state index contributed by atoms with van der Waals surface area (Å²) >= 11 is 1.58. The van der Waals surface area contributed by atoms with Crippen molar-refractivity contribution in [2.24, 2.45) is 0 Å². The van der Waals surface area contributed by atoms with Crippen molar-refractivity contribution in [1.82, 2.24) is 9.97 Å². The molecule has 0 aliphatic heterocycles. The predicted molar refractivity (Wildman–Crippen MR) is 113 cm³/mol. The highest BCUT2D eigenvalue weighted by Crippen LogP contribution is 2.34. The molecule has 0 fully saturated rings. The molecule has 6 heteroatoms. The lowest BCUT2D eigenvalue weighted by Crippen LogP contribution is -2.12. The summed E-state index contributed by atoms with van der Waals surface area (Å²) in [6.07, 6.45) is 7.60. The number of hydrogen-bond donors (Lipinski definition) is 1. The number of aromatic amines is 1. The van der Waals surface area contributed by atoms with Gasteiger partial charge in [-0.3, -0.25) is 4.79 Å². The largest absolute Gasteiger partial charge is 0.490 e. The number of H-pyrrole nitrogens is 1. The number of nitrogens with one attached hydrogen (secondary N) is 1. The van der Waals surface area contributed by atoms with Gasteiger partial charge in [-0.25, -0.2) is 4.98 Å². The molecule has 0 bridgehead atoms. The van der Waals surface area contributed by atoms with Crippen LogP contribution in [0.4, 0.5) is 0 Å². The topological polar surface area (TPSA) is 78.8 Å². The van der Waals surface area contributed by atoms with Crippen LogP contribution >= 0.6 is 11.3 Å². The number of aryl methyl sites for hydroxylation is 2. The van der Waals surface area contributed by atoms with Crippen molar-refractivity contribution in [3.8, 4) is 11.8 Å². The predicted octanol–water partition coefficient (Wildman–Crippen LogP) is 4.49. The van der Waals surface area contributed by atoms with Crippen molar-refractivity contribution >= 4 is 33.2 Å². The smallest absolute Gasteiger partial charge is 0.260 e. The minimum Gasteiger partial charge on any atom is -0.490 e. The standard InChI is InChI=1S/C22H19N3O2S/c1-2-11-27-16-9-7-14(8-10-16)12-15(13-23)20-24-21(26)19-17-5-3-4-6-18(17)28-22(19)25-20/h2,7-10,12H,1,3-6,11H2,(H,24,25,26)/b15-12+. The van der Waals surface area contributed by atoms with Crippen LogP contribution in [0.25, 0.3) is 21.9 Å². The number of thiophene rings is 1. The van der Waals surface area contributed by atoms with E-state index in [4.69, 9.17) is 4.74 Å². The Morgan fingerprint density at radius 3 is 2.86 bits per heavy atom. The lowest BCUT2D eigenvalue weighted by Gasteiger charge is -2.09. The number of benzene rings is 1. The van der Waals surface area contributed by atoms with Crippen molar-refractivity contribution < 1.29 is 4.74 Å². The van der Waals surface area contributed by atoms with Crippen LogP contribution in [0.2, 0.25) is 0 Å². The van der Waals surface area contributed by atoms with E-state index in [1.807, 2.05) is 24.3 Å². The molecule has 0 radical (unpaired) electrons. The highest BCUT2D eigenvalue weighted by molar-refractivity contribution is 7.18. The van der Waals surface area contributed by atoms with Crippen LogP contribution in [0.1, 0.15) is 34.7 Å². The maximum atomic E-state index is 12.7. The van der Waals surface area contributed by atoms with Gasteiger partial charge in [0, 0.05) is 4.88 Å². The van der Waals surface area contributed by atoms with Crippen LogP contribution in [-0.4, -0.2) is 16.6 Å². The zero-order valence-corrected chi connectivity index (χ0v) is 16.1. The van der Waals surface area contributed by atoms with Gasteiger partial charge in [-0.2, -0.15) is 5.26 Å². The highest BCUT2D eigenvalue weighted by atomic mass is 32.1. The molecule has 0 saturated carbocycles. The summed E-state index contributed by atoms with van der Waals surface area (Å²) in [5.74, 6) is 1.04. The maximum Gasteiger partial charge on any atom is 0.260 e. The number of ether oxygens (including phenoxy) is 1. The number of nitriles is 1. The van der Waals surface area contributed by atoms with Crippen molar-refractivity contribution in [2.45, 2.75) is 25.7 Å². The third-order valence-corrected chi connectivity index (χ3v) is 5.95. The van der Waals surface area contributed by atoms with Gasteiger partial charge in [0.15, 0.2) is 5.82 Å². The van der Waals surface area contributed by atoms with Gasteiger partial charge in [-0.1, -0.05) is 24.8 Å². The lowest BCUT2D eigenvalue weighted by atomic mass is 9.97. The van der Waals surface area contributed by atoms with Crippen molar-refractivity contribution in [1.29, 1.82) is 5.26 Å². The number of allylic oxidation sites excluding steroid dienone is 1. The van der Waals surface area contributed by atoms with Gasteiger partial charge in [-0.05, 0) is 55.0 Å². The van der Waals surface area contributed by atoms with Crippen LogP contribution in [-0.2, 0) is 12.8 Å². The number of aromatic nitrogens is 2. The Morgan fingerprint density at radius 1 is 1.32 bits per heavy atom. The molecule has 3 aromatic rings. The van der Waals surface area contributed by atoms with Crippen LogP contribution in [0.3, 0.4) is 0 Å². The van der Waals surface area contributed by atoms with Crippen LogP contribution in [0, 0.1) is 11.3 Å². The fourth-order valence-electron chi connectivity index (χ4n) is 3.43. The first-order chi connectivity index (χ1) is 13.7. The van der Waals surface area contributed by atoms with Crippen LogP contribution in [0.5, 0.6) is 5.75 Å². The summed E-state index contributed by atoms with van der Waals surface area (Å²) in [6.45, 7) is 4.06. The zero-order valence-electron chi connectivity index (χ0n) is 15.3. The normalized spacial score (nSPS) is 13.8. The molecular weight excluding hydrogens is 370 g/mol. The quantitative estimate of drug-likeness (QED) is 0.515. The monoisotopic (exact) mass is 389 g/mol. The van der Waals surface area contributed by atoms with E-state index in [-0.39, 0.29) is 5.56 Å². The van der Waals surface area contributed by atoms with Gasteiger partial charge in [0.2, 0.25) is 0 Å². The van der Waals surface area contributed by atoms with Gasteiger partial charge in [0.05, 0.1) is 11.0 Å². The first-order valence-electron chi connectivity index (χ1n) is 9.20. The average molecular weight is 389 g/mol. The number of fused-ring (bicyclic) bond motifs is 3. The summed E-state index contributed by atoms with van der Waals surface area (Å²) in [5.41, 5.74) is 2.14. The molecule has 28 heavy (non-hydrogen) atoms. The summed E-state index contributed by atoms with van der Waals surface area (Å²) in [6, 6.07) is 9.53. The van der Waals surface area contributed by atoms with E-state index in [1.165, 1.54) is 4.88 Å². The minimum atomic E-state index is -0.159. The maximum absolute atomic E-state index is 12.7. The fraction of sp³-hybridized carbons (Fsp3) is 0.227. The first-order valence-corrected chi connectivity index (χ1v) is 10.0. The molecule has 1 N–H and O–H groups in total. The second kappa shape index (κ2) is 7.83. The van der Waals surface area contributed by atoms with Crippen molar-refractivity contribution in [2.75, 3.05) is 6.61 Å². The van der Waals surface area contributed by atoms with Gasteiger partial charge in [0.25, 0.3) is 5.56 Å². The van der Waals surface area contributed by atoms with E-state index in [9.17, 15) is 10.1 Å². The Labute approximate surface area is 166 Å². The minimum absolute atomic E-state index is 0.159. The van der Waals surface area contributed by atoms with Crippen molar-refractivity contribution in [3.63, 3.8) is 0 Å². The van der Waals surface area contributed by atoms with E-state index in [0.717, 1.165) is 47.4 Å². The molecule has 0 spiro atoms. The Hall–Kier alpha value is -3.17. The second-order valence-electron chi connectivity index (χ2n) is 6.64. The fourth-order valence-corrected chi connectivity index (χ4v) is 4.69. The molecule has 2 aromatic heterocycles. The van der Waals surface area contributed by atoms with E-state index in [2.05, 4.69) is 22.6 Å². The number of hydrogen-bond acceptors (Lipinski definition) is 5. The van der Waals surface area contributed by atoms with Gasteiger partial charge in [-0.15, -0.1) is 11.3 Å². The molecule has 4 rings (SSSR count). The third kappa shape index (κ3) is 3.49. The summed E-state index contributed by atoms with van der Waals surface area (Å²) < 4.78 is 5.47. The summed E-state index contributed by atoms with van der Waals surface area (Å²) in [7, 11) is 0. The second-order valence-corrected chi connectivity index (χ2v) is 7.73. The van der Waals surface area contributed by atoms with Crippen LogP contribution in [0.15, 0.2) is 41.7 Å². The van der Waals surface area contributed by atoms with E-state index >= 15 is 0 Å². The molecule has 0 unspecified atom stereocenters. The Morgan fingerprint density at radius 2 is 2.11 bits per heavy atom. The molecule has 2 heterocycles. The highest BCUT2D eigenvalue weighted by Gasteiger charge is 2.20. The molecule has 1 aliphatic rings. The molecule has 1 aliphatic carbocycles. The van der Waals surface area contributed by atoms with Gasteiger partial charge >= 0.3 is 0 Å². The van der Waals surface area contributed by atoms with E-state index < -0.39 is 0 Å². The summed E-state index contributed by atoms with van der Waals surface area (Å²) in [5, 5.41) is 10.3. The van der Waals surface area contributed by atoms with Gasteiger partial charge < -0.3 is 9.72 Å². The summed E-state index contributed by atoms with van der Waals surface area (Å²) in [4.78, 5) is 22.1. The molecular formula is C22H19N3O2S. The number of rotatable bonds is 5. The SMILES string of the molecule is C=CCOc1ccc(/C=C(\C#N)c2nc3sc4c(c3c(=O)[nH]2)CCCC4)cc1.